The van der Waals surface area contributed by atoms with E-state index in [0.717, 1.165) is 17.4 Å². The van der Waals surface area contributed by atoms with E-state index in [-0.39, 0.29) is 6.04 Å². The molecule has 4 heteroatoms. The van der Waals surface area contributed by atoms with Gasteiger partial charge in [-0.3, -0.25) is 0 Å². The van der Waals surface area contributed by atoms with E-state index in [1.807, 2.05) is 0 Å². The molecular weight excluding hydrogens is 194 g/mol. The molecule has 1 aromatic heterocycles. The van der Waals surface area contributed by atoms with Crippen molar-refractivity contribution in [2.75, 3.05) is 5.32 Å². The van der Waals surface area contributed by atoms with E-state index < -0.39 is 0 Å². The predicted molar refractivity (Wildman–Crippen MR) is 58.4 cm³/mol. The summed E-state index contributed by atoms with van der Waals surface area (Å²) in [6, 6.07) is 0.278. The van der Waals surface area contributed by atoms with Crippen LogP contribution >= 0.6 is 11.5 Å². The van der Waals surface area contributed by atoms with Crippen LogP contribution in [0.1, 0.15) is 37.9 Å². The minimum Gasteiger partial charge on any atom is -0.357 e. The minimum atomic E-state index is 0.278. The molecule has 0 aliphatic heterocycles. The Morgan fingerprint density at radius 2 is 2.50 bits per heavy atom. The quantitative estimate of drug-likeness (QED) is 0.769. The Balaban J connectivity index is 1.92. The first-order valence-corrected chi connectivity index (χ1v) is 5.60. The molecule has 0 saturated heterocycles. The summed E-state index contributed by atoms with van der Waals surface area (Å²) in [5, 5.41) is 4.15. The zero-order chi connectivity index (χ0) is 9.97. The smallest absolute Gasteiger partial charge is 0.202 e. The first-order chi connectivity index (χ1) is 6.79. The van der Waals surface area contributed by atoms with E-state index >= 15 is 0 Å². The lowest BCUT2D eigenvalue weighted by atomic mass is 10.2. The molecule has 1 N–H and O–H groups in total. The minimum absolute atomic E-state index is 0.278. The lowest BCUT2D eigenvalue weighted by Gasteiger charge is -2.07. The van der Waals surface area contributed by atoms with Crippen molar-refractivity contribution in [1.82, 2.24) is 9.36 Å². The van der Waals surface area contributed by atoms with Gasteiger partial charge in [0.15, 0.2) is 0 Å². The van der Waals surface area contributed by atoms with Crippen molar-refractivity contribution >= 4 is 16.7 Å². The van der Waals surface area contributed by atoms with Crippen molar-refractivity contribution in [1.29, 1.82) is 0 Å². The van der Waals surface area contributed by atoms with Crippen molar-refractivity contribution in [2.45, 2.75) is 38.1 Å². The molecule has 1 heterocycles. The second-order valence-electron chi connectivity index (χ2n) is 3.69. The third kappa shape index (κ3) is 2.24. The maximum Gasteiger partial charge on any atom is 0.202 e. The Hall–Kier alpha value is -1.08. The van der Waals surface area contributed by atoms with Crippen LogP contribution in [0.5, 0.6) is 0 Å². The predicted octanol–water partition coefficient (Wildman–Crippen LogP) is 2.24. The van der Waals surface area contributed by atoms with Crippen LogP contribution in [-0.4, -0.2) is 15.4 Å². The first-order valence-electron chi connectivity index (χ1n) is 4.83. The van der Waals surface area contributed by atoms with Crippen LogP contribution in [0, 0.1) is 12.3 Å². The SMILES string of the molecule is C#CCC(C)Nc1nc(C2CC2)ns1. The largest absolute Gasteiger partial charge is 0.357 e. The van der Waals surface area contributed by atoms with Crippen molar-refractivity contribution in [3.8, 4) is 12.3 Å². The standard InChI is InChI=1S/C10H13N3S/c1-3-4-7(2)11-10-12-9(13-14-10)8-5-6-8/h1,7-8H,4-6H2,2H3,(H,11,12,13). The average molecular weight is 207 g/mol. The van der Waals surface area contributed by atoms with E-state index in [9.17, 15) is 0 Å². The number of terminal acetylenes is 1. The molecule has 0 aromatic carbocycles. The summed E-state index contributed by atoms with van der Waals surface area (Å²) in [5.74, 6) is 4.26. The Morgan fingerprint density at radius 1 is 1.71 bits per heavy atom. The number of hydrogen-bond acceptors (Lipinski definition) is 4. The van der Waals surface area contributed by atoms with Gasteiger partial charge >= 0.3 is 0 Å². The van der Waals surface area contributed by atoms with Crippen molar-refractivity contribution in [3.63, 3.8) is 0 Å². The van der Waals surface area contributed by atoms with Gasteiger partial charge in [0.05, 0.1) is 0 Å². The average Bonchev–Trinajstić information content (AvgIpc) is 2.89. The molecule has 1 unspecified atom stereocenters. The number of nitrogens with zero attached hydrogens (tertiary/aromatic N) is 2. The third-order valence-corrected chi connectivity index (χ3v) is 2.84. The molecule has 1 atom stereocenters. The summed E-state index contributed by atoms with van der Waals surface area (Å²) in [4.78, 5) is 4.42. The van der Waals surface area contributed by atoms with E-state index in [1.165, 1.54) is 24.4 Å². The molecule has 3 nitrogen and oxygen atoms in total. The molecule has 74 valence electrons. The lowest BCUT2D eigenvalue weighted by molar-refractivity contribution is 0.824. The maximum atomic E-state index is 5.22. The second-order valence-corrected chi connectivity index (χ2v) is 4.44. The summed E-state index contributed by atoms with van der Waals surface area (Å²) in [6.07, 6.45) is 8.44. The summed E-state index contributed by atoms with van der Waals surface area (Å²) < 4.78 is 4.31. The van der Waals surface area contributed by atoms with Crippen LogP contribution in [0.2, 0.25) is 0 Å². The first kappa shape index (κ1) is 9.47. The zero-order valence-electron chi connectivity index (χ0n) is 8.16. The van der Waals surface area contributed by atoms with E-state index in [4.69, 9.17) is 6.42 Å². The van der Waals surface area contributed by atoms with E-state index in [1.54, 1.807) is 0 Å². The lowest BCUT2D eigenvalue weighted by Crippen LogP contribution is -2.13. The molecule has 0 bridgehead atoms. The van der Waals surface area contributed by atoms with Gasteiger partial charge in [-0.2, -0.15) is 4.37 Å². The molecule has 0 spiro atoms. The molecule has 1 aromatic rings. The Morgan fingerprint density at radius 3 is 3.14 bits per heavy atom. The van der Waals surface area contributed by atoms with E-state index in [0.29, 0.717) is 5.92 Å². The van der Waals surface area contributed by atoms with Gasteiger partial charge in [-0.15, -0.1) is 12.3 Å². The topological polar surface area (TPSA) is 37.8 Å². The number of hydrogen-bond donors (Lipinski definition) is 1. The van der Waals surface area contributed by atoms with Crippen molar-refractivity contribution < 1.29 is 0 Å². The highest BCUT2D eigenvalue weighted by Gasteiger charge is 2.27. The maximum absolute atomic E-state index is 5.22. The van der Waals surface area contributed by atoms with Gasteiger partial charge in [-0.05, 0) is 19.8 Å². The molecular formula is C10H13N3S. The third-order valence-electron chi connectivity index (χ3n) is 2.18. The van der Waals surface area contributed by atoms with Gasteiger partial charge in [0.25, 0.3) is 0 Å². The van der Waals surface area contributed by atoms with Crippen LogP contribution in [0.4, 0.5) is 5.13 Å². The highest BCUT2D eigenvalue weighted by atomic mass is 32.1. The van der Waals surface area contributed by atoms with Gasteiger partial charge in [0.1, 0.15) is 5.82 Å². The van der Waals surface area contributed by atoms with Crippen LogP contribution in [-0.2, 0) is 0 Å². The van der Waals surface area contributed by atoms with Gasteiger partial charge in [-0.1, -0.05) is 0 Å². The second kappa shape index (κ2) is 3.97. The van der Waals surface area contributed by atoms with E-state index in [2.05, 4.69) is 27.5 Å². The number of nitrogens with one attached hydrogen (secondary N) is 1. The summed E-state index contributed by atoms with van der Waals surface area (Å²) in [5.41, 5.74) is 0. The monoisotopic (exact) mass is 207 g/mol. The Bertz CT molecular complexity index is 348. The molecule has 1 aliphatic carbocycles. The Kier molecular flexibility index (Phi) is 2.69. The molecule has 14 heavy (non-hydrogen) atoms. The number of anilines is 1. The van der Waals surface area contributed by atoms with Crippen molar-refractivity contribution in [3.05, 3.63) is 5.82 Å². The fourth-order valence-electron chi connectivity index (χ4n) is 1.24. The zero-order valence-corrected chi connectivity index (χ0v) is 8.97. The van der Waals surface area contributed by atoms with Gasteiger partial charge in [0.2, 0.25) is 5.13 Å². The Labute approximate surface area is 88.1 Å². The van der Waals surface area contributed by atoms with Gasteiger partial charge in [0, 0.05) is 29.9 Å². The highest BCUT2D eigenvalue weighted by molar-refractivity contribution is 7.09. The molecule has 0 radical (unpaired) electrons. The van der Waals surface area contributed by atoms with Crippen molar-refractivity contribution in [2.24, 2.45) is 0 Å². The molecule has 0 amide bonds. The normalized spacial score (nSPS) is 17.4. The van der Waals surface area contributed by atoms with Crippen LogP contribution < -0.4 is 5.32 Å². The summed E-state index contributed by atoms with van der Waals surface area (Å²) in [6.45, 7) is 2.05. The van der Waals surface area contributed by atoms with Crippen LogP contribution in [0.25, 0.3) is 0 Å². The fourth-order valence-corrected chi connectivity index (χ4v) is 2.00. The van der Waals surface area contributed by atoms with Gasteiger partial charge < -0.3 is 5.32 Å². The van der Waals surface area contributed by atoms with Gasteiger partial charge in [-0.25, -0.2) is 4.98 Å². The highest BCUT2D eigenvalue weighted by Crippen LogP contribution is 2.39. The van der Waals surface area contributed by atoms with Crippen LogP contribution in [0.3, 0.4) is 0 Å². The molecule has 2 rings (SSSR count). The molecule has 1 fully saturated rings. The molecule has 1 aliphatic rings. The number of aromatic nitrogens is 2. The fraction of sp³-hybridized carbons (Fsp3) is 0.600. The number of rotatable bonds is 4. The summed E-state index contributed by atoms with van der Waals surface area (Å²) in [7, 11) is 0. The molecule has 1 saturated carbocycles. The summed E-state index contributed by atoms with van der Waals surface area (Å²) >= 11 is 1.43. The van der Waals surface area contributed by atoms with Crippen LogP contribution in [0.15, 0.2) is 0 Å².